The summed E-state index contributed by atoms with van der Waals surface area (Å²) in [5, 5.41) is 2.02. The highest BCUT2D eigenvalue weighted by molar-refractivity contribution is 6.27. The molecule has 0 aromatic heterocycles. The van der Waals surface area contributed by atoms with Crippen molar-refractivity contribution in [2.45, 2.75) is 59.0 Å². The molecular formula is C13H24N2O3. The van der Waals surface area contributed by atoms with E-state index in [1.165, 1.54) is 0 Å². The van der Waals surface area contributed by atoms with E-state index in [1.54, 1.807) is 0 Å². The van der Waals surface area contributed by atoms with E-state index < -0.39 is 11.8 Å². The fourth-order valence-electron chi connectivity index (χ4n) is 2.12. The Morgan fingerprint density at radius 2 is 1.50 bits per heavy atom. The Bertz CT molecular complexity index is 310. The third-order valence-electron chi connectivity index (χ3n) is 2.55. The van der Waals surface area contributed by atoms with Crippen LogP contribution in [0.3, 0.4) is 0 Å². The van der Waals surface area contributed by atoms with Crippen LogP contribution in [0.2, 0.25) is 0 Å². The van der Waals surface area contributed by atoms with Gasteiger partial charge in [-0.3, -0.25) is 24.6 Å². The van der Waals surface area contributed by atoms with E-state index in [0.29, 0.717) is 6.54 Å². The lowest BCUT2D eigenvalue weighted by molar-refractivity contribution is -0.136. The van der Waals surface area contributed by atoms with Gasteiger partial charge in [0.05, 0.1) is 0 Å². The highest BCUT2D eigenvalue weighted by atomic mass is 16.2. The molecular weight excluding hydrogens is 232 g/mol. The van der Waals surface area contributed by atoms with Crippen LogP contribution in [0.1, 0.15) is 48.0 Å². The van der Waals surface area contributed by atoms with E-state index in [1.807, 2.05) is 5.32 Å². The monoisotopic (exact) mass is 256 g/mol. The second kappa shape index (κ2) is 6.09. The van der Waals surface area contributed by atoms with Gasteiger partial charge in [-0.2, -0.15) is 0 Å². The second-order valence-corrected chi connectivity index (χ2v) is 6.27. The average molecular weight is 256 g/mol. The van der Waals surface area contributed by atoms with Crippen LogP contribution in [0.25, 0.3) is 0 Å². The lowest BCUT2D eigenvalue weighted by Crippen LogP contribution is -2.53. The number of nitrogens with zero attached hydrogens (tertiary/aromatic N) is 1. The molecule has 0 aromatic carbocycles. The molecule has 0 bridgehead atoms. The molecule has 2 amide bonds. The summed E-state index contributed by atoms with van der Waals surface area (Å²) in [5.41, 5.74) is -0.152. The van der Waals surface area contributed by atoms with Crippen LogP contribution in [-0.4, -0.2) is 40.6 Å². The van der Waals surface area contributed by atoms with E-state index in [4.69, 9.17) is 0 Å². The zero-order valence-corrected chi connectivity index (χ0v) is 12.2. The van der Waals surface area contributed by atoms with Crippen LogP contribution in [0.4, 0.5) is 0 Å². The molecule has 0 atom stereocenters. The van der Waals surface area contributed by atoms with Gasteiger partial charge in [0, 0.05) is 24.0 Å². The first-order chi connectivity index (χ1) is 7.98. The molecule has 5 nitrogen and oxygen atoms in total. The van der Waals surface area contributed by atoms with Crippen LogP contribution in [0, 0.1) is 0 Å². The Hall–Kier alpha value is -1.23. The summed E-state index contributed by atoms with van der Waals surface area (Å²) >= 11 is 0. The zero-order valence-electron chi connectivity index (χ0n) is 12.2. The molecule has 18 heavy (non-hydrogen) atoms. The largest absolute Gasteiger partial charge is 0.293 e. The molecule has 0 saturated carbocycles. The van der Waals surface area contributed by atoms with E-state index >= 15 is 0 Å². The van der Waals surface area contributed by atoms with E-state index in [9.17, 15) is 14.4 Å². The maximum absolute atomic E-state index is 11.5. The summed E-state index contributed by atoms with van der Waals surface area (Å²) in [6.07, 6.45) is 0.289. The first-order valence-electron chi connectivity index (χ1n) is 6.05. The summed E-state index contributed by atoms with van der Waals surface area (Å²) in [6, 6.07) is 0. The Kier molecular flexibility index (Phi) is 5.67. The molecule has 0 fully saturated rings. The third kappa shape index (κ3) is 5.91. The number of nitrogens with one attached hydrogen (secondary N) is 1. The van der Waals surface area contributed by atoms with Crippen molar-refractivity contribution < 1.29 is 14.4 Å². The number of aldehydes is 1. The molecule has 0 heterocycles. The van der Waals surface area contributed by atoms with Gasteiger partial charge in [-0.05, 0) is 41.5 Å². The number of amides is 2. The molecule has 0 unspecified atom stereocenters. The number of hydrogen-bond donors (Lipinski definition) is 1. The average Bonchev–Trinajstić information content (AvgIpc) is 2.13. The lowest BCUT2D eigenvalue weighted by atomic mass is 9.95. The number of imide groups is 1. The molecule has 0 aliphatic rings. The van der Waals surface area contributed by atoms with Crippen molar-refractivity contribution in [1.82, 2.24) is 10.2 Å². The van der Waals surface area contributed by atoms with Gasteiger partial charge in [-0.15, -0.1) is 0 Å². The summed E-state index contributed by atoms with van der Waals surface area (Å²) < 4.78 is 0. The van der Waals surface area contributed by atoms with Gasteiger partial charge in [0.2, 0.25) is 12.2 Å². The summed E-state index contributed by atoms with van der Waals surface area (Å²) in [4.78, 5) is 34.5. The van der Waals surface area contributed by atoms with Crippen molar-refractivity contribution in [1.29, 1.82) is 0 Å². The second-order valence-electron chi connectivity index (χ2n) is 6.27. The number of carbonyl (C=O) groups is 3. The van der Waals surface area contributed by atoms with Gasteiger partial charge in [-0.25, -0.2) is 0 Å². The van der Waals surface area contributed by atoms with Crippen LogP contribution >= 0.6 is 0 Å². The number of rotatable bonds is 4. The molecule has 104 valence electrons. The van der Waals surface area contributed by atoms with Gasteiger partial charge in [0.1, 0.15) is 0 Å². The number of carbonyl (C=O) groups excluding carboxylic acids is 3. The topological polar surface area (TPSA) is 66.5 Å². The fourth-order valence-corrected chi connectivity index (χ4v) is 2.12. The molecule has 1 N–H and O–H groups in total. The minimum absolute atomic E-state index is 0.0762. The normalized spacial score (nSPS) is 12.4. The van der Waals surface area contributed by atoms with Crippen LogP contribution < -0.4 is 5.32 Å². The summed E-state index contributed by atoms with van der Waals surface area (Å²) in [6.45, 7) is 13.0. The molecule has 0 aromatic rings. The standard InChI is InChI=1S/C13H24N2O3/c1-12(2,3)15(13(4,5)6)8-7-10(17)14-11(18)9-16/h9H,7-8H2,1-6H3,(H,14,17,18). The molecule has 0 saturated heterocycles. The Labute approximate surface area is 109 Å². The molecule has 0 rings (SSSR count). The maximum atomic E-state index is 11.5. The lowest BCUT2D eigenvalue weighted by Gasteiger charge is -2.45. The van der Waals surface area contributed by atoms with Crippen LogP contribution in [0.5, 0.6) is 0 Å². The van der Waals surface area contributed by atoms with E-state index in [-0.39, 0.29) is 23.8 Å². The molecule has 0 aliphatic carbocycles. The highest BCUT2D eigenvalue weighted by Gasteiger charge is 2.31. The third-order valence-corrected chi connectivity index (χ3v) is 2.55. The Balaban J connectivity index is 4.51. The van der Waals surface area contributed by atoms with Gasteiger partial charge >= 0.3 is 0 Å². The van der Waals surface area contributed by atoms with Crippen molar-refractivity contribution in [2.24, 2.45) is 0 Å². The van der Waals surface area contributed by atoms with Crippen molar-refractivity contribution in [3.8, 4) is 0 Å². The first-order valence-corrected chi connectivity index (χ1v) is 6.05. The van der Waals surface area contributed by atoms with Gasteiger partial charge in [-0.1, -0.05) is 0 Å². The summed E-state index contributed by atoms with van der Waals surface area (Å²) in [5.74, 6) is -1.32. The molecule has 0 spiro atoms. The van der Waals surface area contributed by atoms with Crippen molar-refractivity contribution >= 4 is 18.1 Å². The van der Waals surface area contributed by atoms with E-state index in [0.717, 1.165) is 0 Å². The quantitative estimate of drug-likeness (QED) is 0.604. The minimum atomic E-state index is -0.891. The first kappa shape index (κ1) is 16.8. The SMILES string of the molecule is CC(C)(C)N(CCC(=O)NC(=O)C=O)C(C)(C)C. The zero-order chi connectivity index (χ0) is 14.6. The van der Waals surface area contributed by atoms with Gasteiger partial charge in [0.25, 0.3) is 5.91 Å². The van der Waals surface area contributed by atoms with Crippen LogP contribution in [0.15, 0.2) is 0 Å². The fraction of sp³-hybridized carbons (Fsp3) is 0.769. The van der Waals surface area contributed by atoms with Gasteiger partial charge in [0.15, 0.2) is 0 Å². The Morgan fingerprint density at radius 3 is 1.83 bits per heavy atom. The minimum Gasteiger partial charge on any atom is -0.293 e. The molecule has 0 aliphatic heterocycles. The van der Waals surface area contributed by atoms with Gasteiger partial charge < -0.3 is 0 Å². The summed E-state index contributed by atoms with van der Waals surface area (Å²) in [7, 11) is 0. The van der Waals surface area contributed by atoms with Crippen molar-refractivity contribution in [2.75, 3.05) is 6.54 Å². The van der Waals surface area contributed by atoms with E-state index in [2.05, 4.69) is 46.4 Å². The predicted molar refractivity (Wildman–Crippen MR) is 70.0 cm³/mol. The number of hydrogen-bond acceptors (Lipinski definition) is 4. The van der Waals surface area contributed by atoms with Crippen LogP contribution in [-0.2, 0) is 14.4 Å². The maximum Gasteiger partial charge on any atom is 0.290 e. The Morgan fingerprint density at radius 1 is 1.06 bits per heavy atom. The van der Waals surface area contributed by atoms with Crippen molar-refractivity contribution in [3.63, 3.8) is 0 Å². The van der Waals surface area contributed by atoms with Crippen molar-refractivity contribution in [3.05, 3.63) is 0 Å². The highest BCUT2D eigenvalue weighted by Crippen LogP contribution is 2.24. The smallest absolute Gasteiger partial charge is 0.290 e. The predicted octanol–water partition coefficient (Wildman–Crippen LogP) is 1.12. The molecule has 0 radical (unpaired) electrons. The molecule has 5 heteroatoms.